The van der Waals surface area contributed by atoms with Gasteiger partial charge in [0.05, 0.1) is 4.87 Å². The fourth-order valence-electron chi connectivity index (χ4n) is 6.95. The summed E-state index contributed by atoms with van der Waals surface area (Å²) in [6.07, 6.45) is 1.67. The molecule has 25 heavy (non-hydrogen) atoms. The van der Waals surface area contributed by atoms with Crippen LogP contribution in [-0.4, -0.2) is 23.3 Å². The van der Waals surface area contributed by atoms with Gasteiger partial charge in [-0.3, -0.25) is 4.79 Å². The van der Waals surface area contributed by atoms with Crippen molar-refractivity contribution in [3.63, 3.8) is 0 Å². The molecule has 4 rings (SSSR count). The van der Waals surface area contributed by atoms with E-state index in [9.17, 15) is 13.6 Å². The number of hydrogen-bond donors (Lipinski definition) is 0. The zero-order valence-corrected chi connectivity index (χ0v) is 15.6. The van der Waals surface area contributed by atoms with Crippen LogP contribution in [0.15, 0.2) is 11.6 Å². The van der Waals surface area contributed by atoms with E-state index >= 15 is 4.39 Å². The Morgan fingerprint density at radius 3 is 2.56 bits per heavy atom. The van der Waals surface area contributed by atoms with Crippen LogP contribution in [0.5, 0.6) is 0 Å². The molecular weight excluding hydrogens is 349 g/mol. The molecular formula is C20H26ClF3O. The maximum atomic E-state index is 15.6. The second kappa shape index (κ2) is 5.50. The van der Waals surface area contributed by atoms with Crippen LogP contribution < -0.4 is 0 Å². The second-order valence-corrected chi connectivity index (χ2v) is 9.81. The highest BCUT2D eigenvalue weighted by molar-refractivity contribution is 6.26. The third-order valence-electron chi connectivity index (χ3n) is 8.37. The SMILES string of the molecule is C[C@]12C[C@H](F)[C@@]3(Cl)[C@@H](CCC4=CC(=O)CC[C@@]43C)[C@@H]1CC[C@@H]2C(F)F. The molecule has 0 spiro atoms. The van der Waals surface area contributed by atoms with E-state index in [0.717, 1.165) is 12.0 Å². The number of ketones is 1. The minimum absolute atomic E-state index is 0.0482. The van der Waals surface area contributed by atoms with Gasteiger partial charge < -0.3 is 0 Å². The van der Waals surface area contributed by atoms with Gasteiger partial charge in [0.15, 0.2) is 5.78 Å². The Hall–Kier alpha value is -0.510. The van der Waals surface area contributed by atoms with Crippen LogP contribution in [0.1, 0.15) is 58.8 Å². The molecule has 140 valence electrons. The summed E-state index contributed by atoms with van der Waals surface area (Å²) in [5.74, 6) is -0.676. The number of fused-ring (bicyclic) bond motifs is 5. The zero-order chi connectivity index (χ0) is 18.2. The van der Waals surface area contributed by atoms with E-state index in [4.69, 9.17) is 11.6 Å². The standard InChI is InChI=1S/C20H26ClF3O/c1-18-10-16(22)20(21)14(13(18)5-6-15(18)17(23)24)4-3-11-9-12(25)7-8-19(11,20)2/h9,13-17H,3-8,10H2,1-2H3/t13-,14-,15+,16-,18-,19-,20-/m0/s1. The molecule has 1 nitrogen and oxygen atoms in total. The van der Waals surface area contributed by atoms with Gasteiger partial charge in [0, 0.05) is 17.8 Å². The minimum Gasteiger partial charge on any atom is -0.295 e. The van der Waals surface area contributed by atoms with Crippen molar-refractivity contribution in [3.8, 4) is 0 Å². The van der Waals surface area contributed by atoms with Gasteiger partial charge in [-0.05, 0) is 61.9 Å². The summed E-state index contributed by atoms with van der Waals surface area (Å²) in [6.45, 7) is 3.86. The Morgan fingerprint density at radius 2 is 1.88 bits per heavy atom. The Morgan fingerprint density at radius 1 is 1.16 bits per heavy atom. The molecule has 0 radical (unpaired) electrons. The Labute approximate surface area is 152 Å². The van der Waals surface area contributed by atoms with E-state index in [1.807, 2.05) is 13.8 Å². The van der Waals surface area contributed by atoms with Crippen molar-refractivity contribution in [3.05, 3.63) is 11.6 Å². The Kier molecular flexibility index (Phi) is 3.93. The van der Waals surface area contributed by atoms with E-state index in [0.29, 0.717) is 32.1 Å². The van der Waals surface area contributed by atoms with Crippen molar-refractivity contribution in [2.24, 2.45) is 28.6 Å². The molecule has 0 bridgehead atoms. The number of hydrogen-bond acceptors (Lipinski definition) is 1. The fraction of sp³-hybridized carbons (Fsp3) is 0.850. The van der Waals surface area contributed by atoms with Crippen molar-refractivity contribution in [1.82, 2.24) is 0 Å². The quantitative estimate of drug-likeness (QED) is 0.537. The summed E-state index contributed by atoms with van der Waals surface area (Å²) in [5, 5.41) is 0. The van der Waals surface area contributed by atoms with Gasteiger partial charge in [-0.25, -0.2) is 13.2 Å². The summed E-state index contributed by atoms with van der Waals surface area (Å²) in [6, 6.07) is 0. The molecule has 5 heteroatoms. The molecule has 3 saturated carbocycles. The first-order valence-electron chi connectivity index (χ1n) is 9.49. The molecule has 0 aromatic heterocycles. The summed E-state index contributed by atoms with van der Waals surface area (Å²) < 4.78 is 42.8. The van der Waals surface area contributed by atoms with Gasteiger partial charge in [0.25, 0.3) is 0 Å². The second-order valence-electron chi connectivity index (χ2n) is 9.18. The molecule has 0 saturated heterocycles. The Balaban J connectivity index is 1.78. The van der Waals surface area contributed by atoms with Crippen LogP contribution in [0.3, 0.4) is 0 Å². The molecule has 0 unspecified atom stereocenters. The average molecular weight is 375 g/mol. The number of carbonyl (C=O) groups excluding carboxylic acids is 1. The van der Waals surface area contributed by atoms with Gasteiger partial charge >= 0.3 is 0 Å². The average Bonchev–Trinajstić information content (AvgIpc) is 2.87. The summed E-state index contributed by atoms with van der Waals surface area (Å²) in [4.78, 5) is 10.8. The lowest BCUT2D eigenvalue weighted by Gasteiger charge is -2.63. The highest BCUT2D eigenvalue weighted by atomic mass is 35.5. The van der Waals surface area contributed by atoms with Crippen molar-refractivity contribution in [2.45, 2.75) is 76.3 Å². The minimum atomic E-state index is -2.40. The number of halogens is 4. The molecule has 4 aliphatic carbocycles. The van der Waals surface area contributed by atoms with Crippen molar-refractivity contribution in [2.75, 3.05) is 0 Å². The van der Waals surface area contributed by atoms with Gasteiger partial charge in [-0.2, -0.15) is 0 Å². The highest BCUT2D eigenvalue weighted by Crippen LogP contribution is 2.71. The smallest absolute Gasteiger partial charge is 0.241 e. The third-order valence-corrected chi connectivity index (χ3v) is 9.31. The first-order valence-corrected chi connectivity index (χ1v) is 9.87. The predicted molar refractivity (Wildman–Crippen MR) is 91.6 cm³/mol. The van der Waals surface area contributed by atoms with Crippen LogP contribution in [-0.2, 0) is 4.79 Å². The fourth-order valence-corrected chi connectivity index (χ4v) is 7.51. The summed E-state index contributed by atoms with van der Waals surface area (Å²) in [7, 11) is 0. The van der Waals surface area contributed by atoms with Crippen molar-refractivity contribution in [1.29, 1.82) is 0 Å². The van der Waals surface area contributed by atoms with Crippen LogP contribution in [0.4, 0.5) is 13.2 Å². The largest absolute Gasteiger partial charge is 0.295 e. The molecule has 0 aromatic carbocycles. The lowest BCUT2D eigenvalue weighted by molar-refractivity contribution is -0.121. The molecule has 4 aliphatic rings. The van der Waals surface area contributed by atoms with E-state index in [2.05, 4.69) is 0 Å². The lowest BCUT2D eigenvalue weighted by Crippen LogP contribution is -2.65. The van der Waals surface area contributed by atoms with Gasteiger partial charge in [-0.15, -0.1) is 11.6 Å². The topological polar surface area (TPSA) is 17.1 Å². The molecule has 0 heterocycles. The van der Waals surface area contributed by atoms with E-state index in [1.165, 1.54) is 0 Å². The maximum Gasteiger partial charge on any atom is 0.241 e. The van der Waals surface area contributed by atoms with Crippen LogP contribution in [0.2, 0.25) is 0 Å². The van der Waals surface area contributed by atoms with E-state index < -0.39 is 34.2 Å². The van der Waals surface area contributed by atoms with Crippen LogP contribution in [0.25, 0.3) is 0 Å². The first-order chi connectivity index (χ1) is 11.6. The maximum absolute atomic E-state index is 15.6. The number of allylic oxidation sites excluding steroid dienone is 1. The summed E-state index contributed by atoms with van der Waals surface area (Å²) >= 11 is 7.13. The summed E-state index contributed by atoms with van der Waals surface area (Å²) in [5.41, 5.74) is -0.238. The van der Waals surface area contributed by atoms with E-state index in [-0.39, 0.29) is 24.0 Å². The predicted octanol–water partition coefficient (Wildman–Crippen LogP) is 5.71. The number of rotatable bonds is 1. The van der Waals surface area contributed by atoms with Crippen LogP contribution in [0, 0.1) is 28.6 Å². The monoisotopic (exact) mass is 374 g/mol. The lowest BCUT2D eigenvalue weighted by atomic mass is 9.45. The highest BCUT2D eigenvalue weighted by Gasteiger charge is 2.70. The van der Waals surface area contributed by atoms with Gasteiger partial charge in [0.1, 0.15) is 6.17 Å². The first kappa shape index (κ1) is 17.9. The van der Waals surface area contributed by atoms with Gasteiger partial charge in [-0.1, -0.05) is 19.4 Å². The van der Waals surface area contributed by atoms with E-state index in [1.54, 1.807) is 6.08 Å². The van der Waals surface area contributed by atoms with Crippen molar-refractivity contribution >= 4 is 17.4 Å². The molecule has 0 amide bonds. The number of carbonyl (C=O) groups is 1. The molecule has 0 aromatic rings. The normalized spacial score (nSPS) is 52.4. The molecule has 7 atom stereocenters. The Bertz CT molecular complexity index is 634. The molecule has 0 aliphatic heterocycles. The third kappa shape index (κ3) is 2.12. The zero-order valence-electron chi connectivity index (χ0n) is 14.8. The van der Waals surface area contributed by atoms with Crippen molar-refractivity contribution < 1.29 is 18.0 Å². The molecule has 3 fully saturated rings. The van der Waals surface area contributed by atoms with Crippen LogP contribution >= 0.6 is 11.6 Å². The van der Waals surface area contributed by atoms with Gasteiger partial charge in [0.2, 0.25) is 6.43 Å². The number of alkyl halides is 4. The molecule has 0 N–H and O–H groups in total.